The van der Waals surface area contributed by atoms with Crippen molar-refractivity contribution in [1.82, 2.24) is 9.47 Å². The van der Waals surface area contributed by atoms with Crippen LogP contribution in [0.4, 0.5) is 10.1 Å². The van der Waals surface area contributed by atoms with E-state index in [0.29, 0.717) is 18.1 Å². The molecule has 1 aromatic heterocycles. The van der Waals surface area contributed by atoms with Crippen LogP contribution >= 0.6 is 0 Å². The van der Waals surface area contributed by atoms with Crippen molar-refractivity contribution in [2.24, 2.45) is 0 Å². The molecule has 1 aliphatic carbocycles. The Kier molecular flexibility index (Phi) is 6.70. The first-order chi connectivity index (χ1) is 17.7. The Labute approximate surface area is 212 Å². The minimum absolute atomic E-state index is 0.192. The molecule has 190 valence electrons. The van der Waals surface area contributed by atoms with Gasteiger partial charge in [0.25, 0.3) is 6.47 Å². The van der Waals surface area contributed by atoms with Crippen LogP contribution in [0.3, 0.4) is 0 Å². The van der Waals surface area contributed by atoms with Crippen molar-refractivity contribution >= 4 is 23.1 Å². The van der Waals surface area contributed by atoms with E-state index in [0.717, 1.165) is 48.6 Å². The Morgan fingerprint density at radius 1 is 0.889 bits per heavy atom. The summed E-state index contributed by atoms with van der Waals surface area (Å²) in [5.74, 6) is 0.827. The Hall–Kier alpha value is -2.86. The number of rotatable bonds is 6. The Bertz CT molecular complexity index is 1240. The highest BCUT2D eigenvalue weighted by molar-refractivity contribution is 5.96. The van der Waals surface area contributed by atoms with Crippen molar-refractivity contribution in [3.8, 4) is 17.0 Å². The molecule has 0 spiro atoms. The van der Waals surface area contributed by atoms with Gasteiger partial charge < -0.3 is 19.1 Å². The maximum Gasteiger partial charge on any atom is 0.298 e. The molecular formula is C30H36FN3O2. The quantitative estimate of drug-likeness (QED) is 0.379. The summed E-state index contributed by atoms with van der Waals surface area (Å²) in [5, 5.41) is 1.21. The standard InChI is InChI=1S/C30H36FN3O2/c31-23-9-12-27-26(19-23)30-29(22-7-3-1-4-8-22)25-11-10-24(36-21-35)20-28(25)34(30)18-17-33(27)16-15-32-13-5-2-6-14-32/h9-12,19-22H,1-8,13-18H2. The highest BCUT2D eigenvalue weighted by Gasteiger charge is 2.31. The molecule has 0 unspecified atom stereocenters. The molecule has 36 heavy (non-hydrogen) atoms. The van der Waals surface area contributed by atoms with E-state index in [9.17, 15) is 9.18 Å². The number of fused-ring (bicyclic) bond motifs is 5. The fourth-order valence-electron chi connectivity index (χ4n) is 6.80. The Morgan fingerprint density at radius 2 is 1.69 bits per heavy atom. The summed E-state index contributed by atoms with van der Waals surface area (Å²) in [6.45, 7) is 6.52. The largest absolute Gasteiger partial charge is 0.429 e. The molecule has 6 heteroatoms. The first-order valence-corrected chi connectivity index (χ1v) is 13.8. The minimum atomic E-state index is -0.192. The summed E-state index contributed by atoms with van der Waals surface area (Å²) < 4.78 is 22.4. The van der Waals surface area contributed by atoms with Gasteiger partial charge in [0.1, 0.15) is 11.6 Å². The fraction of sp³-hybridized carbons (Fsp3) is 0.500. The van der Waals surface area contributed by atoms with Gasteiger partial charge in [0.2, 0.25) is 0 Å². The van der Waals surface area contributed by atoms with Crippen molar-refractivity contribution < 1.29 is 13.9 Å². The summed E-state index contributed by atoms with van der Waals surface area (Å²) in [4.78, 5) is 16.1. The van der Waals surface area contributed by atoms with Crippen molar-refractivity contribution in [3.05, 3.63) is 47.8 Å². The fourth-order valence-corrected chi connectivity index (χ4v) is 6.80. The number of carbonyl (C=O) groups excluding carboxylic acids is 1. The lowest BCUT2D eigenvalue weighted by atomic mass is 9.81. The van der Waals surface area contributed by atoms with Crippen LogP contribution in [0.1, 0.15) is 62.8 Å². The lowest BCUT2D eigenvalue weighted by molar-refractivity contribution is -0.120. The highest BCUT2D eigenvalue weighted by Crippen LogP contribution is 2.48. The first kappa shape index (κ1) is 23.5. The summed E-state index contributed by atoms with van der Waals surface area (Å²) in [5.41, 5.74) is 5.73. The van der Waals surface area contributed by atoms with E-state index < -0.39 is 0 Å². The lowest BCUT2D eigenvalue weighted by Crippen LogP contribution is -2.38. The molecule has 0 bridgehead atoms. The smallest absolute Gasteiger partial charge is 0.298 e. The second-order valence-electron chi connectivity index (χ2n) is 10.7. The molecule has 2 fully saturated rings. The zero-order valence-electron chi connectivity index (χ0n) is 21.1. The van der Waals surface area contributed by atoms with E-state index in [-0.39, 0.29) is 5.82 Å². The number of nitrogens with zero attached hydrogens (tertiary/aromatic N) is 3. The first-order valence-electron chi connectivity index (χ1n) is 13.8. The summed E-state index contributed by atoms with van der Waals surface area (Å²) in [6.07, 6.45) is 10.0. The maximum atomic E-state index is 14.8. The predicted molar refractivity (Wildman–Crippen MR) is 142 cm³/mol. The van der Waals surface area contributed by atoms with E-state index >= 15 is 0 Å². The van der Waals surface area contributed by atoms with Gasteiger partial charge in [-0.05, 0) is 80.6 Å². The van der Waals surface area contributed by atoms with Crippen molar-refractivity contribution in [2.45, 2.75) is 63.8 Å². The van der Waals surface area contributed by atoms with Gasteiger partial charge in [-0.1, -0.05) is 25.7 Å². The molecule has 2 aliphatic heterocycles. The van der Waals surface area contributed by atoms with Crippen molar-refractivity contribution in [2.75, 3.05) is 37.6 Å². The second kappa shape index (κ2) is 10.3. The molecule has 3 aromatic rings. The SMILES string of the molecule is O=COc1ccc2c(C3CCCCC3)c3n(c2c1)CCN(CCN1CCCCC1)c1ccc(F)cc1-3. The monoisotopic (exact) mass is 489 g/mol. The third kappa shape index (κ3) is 4.40. The van der Waals surface area contributed by atoms with Crippen molar-refractivity contribution in [3.63, 3.8) is 0 Å². The summed E-state index contributed by atoms with van der Waals surface area (Å²) in [6, 6.07) is 11.3. The van der Waals surface area contributed by atoms with E-state index in [1.54, 1.807) is 12.1 Å². The van der Waals surface area contributed by atoms with Crippen LogP contribution in [0.15, 0.2) is 36.4 Å². The van der Waals surface area contributed by atoms with Gasteiger partial charge in [-0.15, -0.1) is 0 Å². The van der Waals surface area contributed by atoms with Crippen LogP contribution in [0.2, 0.25) is 0 Å². The number of anilines is 1. The molecule has 0 N–H and O–H groups in total. The number of hydrogen-bond donors (Lipinski definition) is 0. The van der Waals surface area contributed by atoms with Gasteiger partial charge in [0.15, 0.2) is 0 Å². The van der Waals surface area contributed by atoms with Gasteiger partial charge in [0, 0.05) is 48.9 Å². The molecule has 2 aromatic carbocycles. The van der Waals surface area contributed by atoms with Gasteiger partial charge in [-0.2, -0.15) is 0 Å². The molecule has 6 rings (SSSR count). The van der Waals surface area contributed by atoms with E-state index in [1.807, 2.05) is 18.2 Å². The third-order valence-corrected chi connectivity index (χ3v) is 8.56. The molecule has 3 aliphatic rings. The number of carbonyl (C=O) groups is 1. The Balaban J connectivity index is 1.47. The van der Waals surface area contributed by atoms with Crippen LogP contribution in [-0.4, -0.2) is 48.7 Å². The number of halogens is 1. The van der Waals surface area contributed by atoms with Gasteiger partial charge in [-0.25, -0.2) is 4.39 Å². The van der Waals surface area contributed by atoms with Crippen LogP contribution in [-0.2, 0) is 11.3 Å². The Morgan fingerprint density at radius 3 is 2.50 bits per heavy atom. The number of benzene rings is 2. The maximum absolute atomic E-state index is 14.8. The zero-order valence-corrected chi connectivity index (χ0v) is 21.1. The van der Waals surface area contributed by atoms with Crippen LogP contribution in [0.25, 0.3) is 22.2 Å². The molecular weight excluding hydrogens is 453 g/mol. The van der Waals surface area contributed by atoms with Crippen LogP contribution < -0.4 is 9.64 Å². The number of piperidine rings is 1. The highest BCUT2D eigenvalue weighted by atomic mass is 19.1. The summed E-state index contributed by atoms with van der Waals surface area (Å²) >= 11 is 0. The topological polar surface area (TPSA) is 37.7 Å². The average molecular weight is 490 g/mol. The van der Waals surface area contributed by atoms with Gasteiger partial charge >= 0.3 is 0 Å². The normalized spacial score (nSPS) is 19.1. The van der Waals surface area contributed by atoms with Gasteiger partial charge in [0.05, 0.1) is 11.2 Å². The number of hydrogen-bond acceptors (Lipinski definition) is 4. The van der Waals surface area contributed by atoms with Crippen LogP contribution in [0.5, 0.6) is 5.75 Å². The molecule has 0 atom stereocenters. The number of likely N-dealkylation sites (tertiary alicyclic amines) is 1. The van der Waals surface area contributed by atoms with Gasteiger partial charge in [-0.3, -0.25) is 4.79 Å². The summed E-state index contributed by atoms with van der Waals surface area (Å²) in [7, 11) is 0. The lowest BCUT2D eigenvalue weighted by Gasteiger charge is -2.31. The van der Waals surface area contributed by atoms with E-state index in [2.05, 4.69) is 20.4 Å². The molecule has 1 saturated carbocycles. The number of aromatic nitrogens is 1. The molecule has 0 amide bonds. The van der Waals surface area contributed by atoms with E-state index in [1.165, 1.54) is 75.4 Å². The molecule has 3 heterocycles. The van der Waals surface area contributed by atoms with Crippen molar-refractivity contribution in [1.29, 1.82) is 0 Å². The third-order valence-electron chi connectivity index (χ3n) is 8.56. The predicted octanol–water partition coefficient (Wildman–Crippen LogP) is 6.34. The van der Waals surface area contributed by atoms with Crippen LogP contribution in [0, 0.1) is 5.82 Å². The zero-order chi connectivity index (χ0) is 24.5. The molecule has 5 nitrogen and oxygen atoms in total. The molecule has 0 radical (unpaired) electrons. The second-order valence-corrected chi connectivity index (χ2v) is 10.7. The molecule has 1 saturated heterocycles. The minimum Gasteiger partial charge on any atom is -0.429 e. The van der Waals surface area contributed by atoms with E-state index in [4.69, 9.17) is 4.74 Å². The average Bonchev–Trinajstić information content (AvgIpc) is 3.15. The number of ether oxygens (including phenoxy) is 1.